The fourth-order valence-electron chi connectivity index (χ4n) is 1.91. The molecule has 2 rings (SSSR count). The minimum atomic E-state index is -0.678. The molecule has 0 aliphatic carbocycles. The van der Waals surface area contributed by atoms with Crippen molar-refractivity contribution < 1.29 is 13.9 Å². The highest BCUT2D eigenvalue weighted by Gasteiger charge is 2.19. The number of pyridine rings is 1. The van der Waals surface area contributed by atoms with E-state index in [1.54, 1.807) is 6.07 Å². The zero-order chi connectivity index (χ0) is 15.6. The molecule has 0 radical (unpaired) electrons. The van der Waals surface area contributed by atoms with Crippen LogP contribution < -0.4 is 0 Å². The third-order valence-electron chi connectivity index (χ3n) is 2.83. The van der Waals surface area contributed by atoms with Crippen LogP contribution in [0.3, 0.4) is 0 Å². The maximum atomic E-state index is 14.1. The van der Waals surface area contributed by atoms with Crippen molar-refractivity contribution in [2.75, 3.05) is 7.11 Å². The van der Waals surface area contributed by atoms with Crippen molar-refractivity contribution >= 4 is 35.2 Å². The summed E-state index contributed by atoms with van der Waals surface area (Å²) in [6.07, 6.45) is 1.40. The van der Waals surface area contributed by atoms with Gasteiger partial charge in [-0.2, -0.15) is 0 Å². The third kappa shape index (κ3) is 3.06. The minimum absolute atomic E-state index is 0.0237. The van der Waals surface area contributed by atoms with Gasteiger partial charge >= 0.3 is 5.97 Å². The van der Waals surface area contributed by atoms with E-state index in [2.05, 4.69) is 16.3 Å². The number of hydrogen-bond acceptors (Lipinski definition) is 3. The minimum Gasteiger partial charge on any atom is -0.464 e. The molecule has 0 spiro atoms. The van der Waals surface area contributed by atoms with Crippen molar-refractivity contribution in [2.45, 2.75) is 0 Å². The average molecular weight is 326 g/mol. The summed E-state index contributed by atoms with van der Waals surface area (Å²) in [5.41, 5.74) is 0.945. The number of esters is 1. The van der Waals surface area contributed by atoms with Crippen LogP contribution in [0.1, 0.15) is 16.1 Å². The van der Waals surface area contributed by atoms with Gasteiger partial charge < -0.3 is 4.74 Å². The van der Waals surface area contributed by atoms with Gasteiger partial charge in [0, 0.05) is 16.1 Å². The number of rotatable bonds is 3. The van der Waals surface area contributed by atoms with E-state index in [0.29, 0.717) is 11.1 Å². The molecule has 0 unspecified atom stereocenters. The van der Waals surface area contributed by atoms with Gasteiger partial charge in [-0.1, -0.05) is 35.9 Å². The highest BCUT2D eigenvalue weighted by atomic mass is 35.5. The molecule has 0 aliphatic heterocycles. The van der Waals surface area contributed by atoms with Crippen molar-refractivity contribution in [3.63, 3.8) is 0 Å². The van der Waals surface area contributed by atoms with E-state index in [0.717, 1.165) is 0 Å². The lowest BCUT2D eigenvalue weighted by atomic mass is 9.98. The largest absolute Gasteiger partial charge is 0.464 e. The summed E-state index contributed by atoms with van der Waals surface area (Å²) >= 11 is 11.7. The summed E-state index contributed by atoms with van der Waals surface area (Å²) in [7, 11) is 1.22. The number of carbonyl (C=O) groups is 1. The Labute approximate surface area is 131 Å². The zero-order valence-corrected chi connectivity index (χ0v) is 12.5. The third-order valence-corrected chi connectivity index (χ3v) is 3.26. The first-order chi connectivity index (χ1) is 9.97. The molecule has 1 aromatic carbocycles. The van der Waals surface area contributed by atoms with Crippen LogP contribution in [-0.2, 0) is 4.74 Å². The fourth-order valence-corrected chi connectivity index (χ4v) is 2.27. The van der Waals surface area contributed by atoms with Crippen molar-refractivity contribution in [3.8, 4) is 11.1 Å². The number of nitrogens with zero attached hydrogens (tertiary/aromatic N) is 1. The number of ether oxygens (including phenoxy) is 1. The Morgan fingerprint density at radius 2 is 2.05 bits per heavy atom. The van der Waals surface area contributed by atoms with Gasteiger partial charge in [0.15, 0.2) is 5.69 Å². The van der Waals surface area contributed by atoms with Crippen molar-refractivity contribution in [3.05, 3.63) is 58.1 Å². The van der Waals surface area contributed by atoms with Crippen LogP contribution in [0.5, 0.6) is 0 Å². The summed E-state index contributed by atoms with van der Waals surface area (Å²) < 4.78 is 18.8. The van der Waals surface area contributed by atoms with E-state index >= 15 is 0 Å². The number of aromatic nitrogens is 1. The normalized spacial score (nSPS) is 10.3. The molecular formula is C15H10Cl2FNO2. The first kappa shape index (κ1) is 15.5. The van der Waals surface area contributed by atoms with Gasteiger partial charge in [-0.3, -0.25) is 0 Å². The number of methoxy groups -OCH3 is 1. The van der Waals surface area contributed by atoms with Crippen molar-refractivity contribution in [2.24, 2.45) is 0 Å². The first-order valence-corrected chi connectivity index (χ1v) is 6.60. The molecule has 2 aromatic rings. The number of hydrogen-bond donors (Lipinski definition) is 0. The molecule has 0 saturated heterocycles. The Morgan fingerprint density at radius 3 is 2.62 bits per heavy atom. The quantitative estimate of drug-likeness (QED) is 0.610. The zero-order valence-electron chi connectivity index (χ0n) is 11.0. The van der Waals surface area contributed by atoms with E-state index in [1.165, 1.54) is 31.4 Å². The Bertz CT molecular complexity index is 732. The highest BCUT2D eigenvalue weighted by molar-refractivity contribution is 6.31. The maximum absolute atomic E-state index is 14.1. The first-order valence-electron chi connectivity index (χ1n) is 5.84. The summed E-state index contributed by atoms with van der Waals surface area (Å²) in [4.78, 5) is 15.7. The molecule has 108 valence electrons. The second-order valence-corrected chi connectivity index (χ2v) is 4.90. The molecular weight excluding hydrogens is 316 g/mol. The van der Waals surface area contributed by atoms with E-state index in [9.17, 15) is 9.18 Å². The van der Waals surface area contributed by atoms with Crippen LogP contribution in [0, 0.1) is 5.82 Å². The van der Waals surface area contributed by atoms with Crippen LogP contribution in [0.15, 0.2) is 30.8 Å². The second-order valence-electron chi connectivity index (χ2n) is 4.07. The maximum Gasteiger partial charge on any atom is 0.357 e. The van der Waals surface area contributed by atoms with Crippen molar-refractivity contribution in [1.29, 1.82) is 0 Å². The van der Waals surface area contributed by atoms with Gasteiger partial charge in [0.2, 0.25) is 0 Å². The van der Waals surface area contributed by atoms with Crippen LogP contribution in [0.4, 0.5) is 4.39 Å². The highest BCUT2D eigenvalue weighted by Crippen LogP contribution is 2.32. The van der Waals surface area contributed by atoms with E-state index in [-0.39, 0.29) is 21.4 Å². The van der Waals surface area contributed by atoms with Gasteiger partial charge in [-0.25, -0.2) is 14.2 Å². The Hall–Kier alpha value is -1.91. The molecule has 21 heavy (non-hydrogen) atoms. The molecule has 0 amide bonds. The second kappa shape index (κ2) is 6.24. The molecule has 0 atom stereocenters. The fraction of sp³-hybridized carbons (Fsp3) is 0.0667. The molecule has 0 N–H and O–H groups in total. The average Bonchev–Trinajstić information content (AvgIpc) is 2.45. The summed E-state index contributed by atoms with van der Waals surface area (Å²) in [5, 5.41) is 0.315. The molecule has 0 saturated carbocycles. The van der Waals surface area contributed by atoms with Gasteiger partial charge in [-0.05, 0) is 29.8 Å². The smallest absolute Gasteiger partial charge is 0.357 e. The van der Waals surface area contributed by atoms with Gasteiger partial charge in [0.05, 0.1) is 7.11 Å². The Kier molecular flexibility index (Phi) is 4.60. The SMILES string of the molecule is C=Cc1c(-c2ccc(Cl)cc2F)cc(Cl)nc1C(=O)OC. The van der Waals surface area contributed by atoms with Crippen LogP contribution >= 0.6 is 23.2 Å². The summed E-state index contributed by atoms with van der Waals surface area (Å²) in [5.74, 6) is -1.22. The van der Waals surface area contributed by atoms with Gasteiger partial charge in [0.1, 0.15) is 11.0 Å². The molecule has 6 heteroatoms. The number of halogens is 3. The molecule has 3 nitrogen and oxygen atoms in total. The number of carbonyl (C=O) groups excluding carboxylic acids is 1. The lowest BCUT2D eigenvalue weighted by Gasteiger charge is -2.12. The Morgan fingerprint density at radius 1 is 1.33 bits per heavy atom. The molecule has 0 aliphatic rings. The predicted octanol–water partition coefficient (Wildman–Crippen LogP) is 4.62. The molecule has 0 fully saturated rings. The van der Waals surface area contributed by atoms with Crippen LogP contribution in [0.2, 0.25) is 10.2 Å². The standard InChI is InChI=1S/C15H10Cl2FNO2/c1-3-9-11(10-5-4-8(16)6-12(10)18)7-13(17)19-14(9)15(20)21-2/h3-7H,1H2,2H3. The van der Waals surface area contributed by atoms with E-state index in [4.69, 9.17) is 23.2 Å². The number of benzene rings is 1. The lowest BCUT2D eigenvalue weighted by molar-refractivity contribution is 0.0594. The monoisotopic (exact) mass is 325 g/mol. The van der Waals surface area contributed by atoms with E-state index < -0.39 is 11.8 Å². The summed E-state index contributed by atoms with van der Waals surface area (Å²) in [6.45, 7) is 3.63. The van der Waals surface area contributed by atoms with Gasteiger partial charge in [0.25, 0.3) is 0 Å². The van der Waals surface area contributed by atoms with Crippen molar-refractivity contribution in [1.82, 2.24) is 4.98 Å². The topological polar surface area (TPSA) is 39.2 Å². The molecule has 1 aromatic heterocycles. The molecule has 0 bridgehead atoms. The lowest BCUT2D eigenvalue weighted by Crippen LogP contribution is -2.08. The Balaban J connectivity index is 2.76. The van der Waals surface area contributed by atoms with Crippen LogP contribution in [-0.4, -0.2) is 18.1 Å². The molecule has 1 heterocycles. The predicted molar refractivity (Wildman–Crippen MR) is 81.1 cm³/mol. The van der Waals surface area contributed by atoms with Gasteiger partial charge in [-0.15, -0.1) is 0 Å². The summed E-state index contributed by atoms with van der Waals surface area (Å²) in [6, 6.07) is 5.67. The van der Waals surface area contributed by atoms with Crippen LogP contribution in [0.25, 0.3) is 17.2 Å². The van der Waals surface area contributed by atoms with E-state index in [1.807, 2.05) is 0 Å².